The van der Waals surface area contributed by atoms with Crippen LogP contribution in [0.1, 0.15) is 23.2 Å². The first-order chi connectivity index (χ1) is 8.22. The van der Waals surface area contributed by atoms with Crippen LogP contribution >= 0.6 is 15.9 Å². The molecule has 0 spiro atoms. The molecule has 0 radical (unpaired) electrons. The Morgan fingerprint density at radius 3 is 2.59 bits per heavy atom. The quantitative estimate of drug-likeness (QED) is 0.908. The van der Waals surface area contributed by atoms with E-state index in [9.17, 15) is 4.79 Å². The summed E-state index contributed by atoms with van der Waals surface area (Å²) in [6.45, 7) is 1.68. The molecule has 0 aliphatic carbocycles. The van der Waals surface area contributed by atoms with Gasteiger partial charge in [-0.05, 0) is 48.0 Å². The Kier molecular flexibility index (Phi) is 4.18. The molecule has 1 N–H and O–H groups in total. The van der Waals surface area contributed by atoms with Crippen LogP contribution in [0.15, 0.2) is 28.7 Å². The van der Waals surface area contributed by atoms with Crippen molar-refractivity contribution in [3.8, 4) is 0 Å². The van der Waals surface area contributed by atoms with Crippen LogP contribution in [0.5, 0.6) is 0 Å². The number of piperidine rings is 1. The van der Waals surface area contributed by atoms with Crippen molar-refractivity contribution in [1.82, 2.24) is 10.2 Å². The monoisotopic (exact) mass is 296 g/mol. The first kappa shape index (κ1) is 12.6. The van der Waals surface area contributed by atoms with Gasteiger partial charge in [0.2, 0.25) is 0 Å². The number of benzene rings is 1. The van der Waals surface area contributed by atoms with Gasteiger partial charge in [-0.15, -0.1) is 0 Å². The molecule has 3 nitrogen and oxygen atoms in total. The standard InChI is InChI=1S/C13H17BrN2O/c1-15-10-6-8-16(9-7-10)13(17)11-4-2-3-5-12(11)14/h2-5,10,15H,6-9H2,1H3. The average Bonchev–Trinajstić information content (AvgIpc) is 2.39. The third-order valence-electron chi connectivity index (χ3n) is 3.29. The minimum absolute atomic E-state index is 0.132. The summed E-state index contributed by atoms with van der Waals surface area (Å²) in [4.78, 5) is 14.2. The number of halogens is 1. The highest BCUT2D eigenvalue weighted by molar-refractivity contribution is 9.10. The Balaban J connectivity index is 2.04. The van der Waals surface area contributed by atoms with E-state index in [0.717, 1.165) is 36.0 Å². The lowest BCUT2D eigenvalue weighted by molar-refractivity contribution is 0.0706. The topological polar surface area (TPSA) is 32.3 Å². The molecule has 1 saturated heterocycles. The van der Waals surface area contributed by atoms with Crippen LogP contribution in [0.2, 0.25) is 0 Å². The van der Waals surface area contributed by atoms with Gasteiger partial charge < -0.3 is 10.2 Å². The Bertz CT molecular complexity index is 400. The molecule has 92 valence electrons. The molecule has 4 heteroatoms. The van der Waals surface area contributed by atoms with Gasteiger partial charge in [0.1, 0.15) is 0 Å². The van der Waals surface area contributed by atoms with E-state index in [1.54, 1.807) is 0 Å². The van der Waals surface area contributed by atoms with E-state index in [0.29, 0.717) is 6.04 Å². The zero-order valence-electron chi connectivity index (χ0n) is 9.95. The summed E-state index contributed by atoms with van der Waals surface area (Å²) in [5.41, 5.74) is 0.760. The van der Waals surface area contributed by atoms with Crippen LogP contribution in [0.3, 0.4) is 0 Å². The summed E-state index contributed by atoms with van der Waals surface area (Å²) in [7, 11) is 1.98. The van der Waals surface area contributed by atoms with Gasteiger partial charge in [0.05, 0.1) is 5.56 Å². The third-order valence-corrected chi connectivity index (χ3v) is 3.99. The van der Waals surface area contributed by atoms with Gasteiger partial charge in [0.25, 0.3) is 5.91 Å². The van der Waals surface area contributed by atoms with Crippen LogP contribution < -0.4 is 5.32 Å². The van der Waals surface area contributed by atoms with Crippen molar-refractivity contribution in [1.29, 1.82) is 0 Å². The molecule has 1 fully saturated rings. The van der Waals surface area contributed by atoms with E-state index in [4.69, 9.17) is 0 Å². The van der Waals surface area contributed by atoms with Gasteiger partial charge >= 0.3 is 0 Å². The zero-order chi connectivity index (χ0) is 12.3. The number of likely N-dealkylation sites (tertiary alicyclic amines) is 1. The molecule has 0 saturated carbocycles. The maximum Gasteiger partial charge on any atom is 0.254 e. The number of carbonyl (C=O) groups excluding carboxylic acids is 1. The summed E-state index contributed by atoms with van der Waals surface area (Å²) in [6.07, 6.45) is 2.07. The smallest absolute Gasteiger partial charge is 0.254 e. The largest absolute Gasteiger partial charge is 0.338 e. The number of amides is 1. The second-order valence-electron chi connectivity index (χ2n) is 4.33. The number of hydrogen-bond donors (Lipinski definition) is 1. The van der Waals surface area contributed by atoms with Crippen LogP contribution in [0, 0.1) is 0 Å². The molecular weight excluding hydrogens is 280 g/mol. The summed E-state index contributed by atoms with van der Waals surface area (Å²) >= 11 is 3.43. The Morgan fingerprint density at radius 1 is 1.35 bits per heavy atom. The molecule has 1 heterocycles. The van der Waals surface area contributed by atoms with Gasteiger partial charge in [-0.1, -0.05) is 12.1 Å². The number of nitrogens with one attached hydrogen (secondary N) is 1. The SMILES string of the molecule is CNC1CCN(C(=O)c2ccccc2Br)CC1. The van der Waals surface area contributed by atoms with Crippen molar-refractivity contribution in [2.45, 2.75) is 18.9 Å². The normalized spacial score (nSPS) is 17.2. The third kappa shape index (κ3) is 2.87. The lowest BCUT2D eigenvalue weighted by Crippen LogP contribution is -2.44. The predicted octanol–water partition coefficient (Wildman–Crippen LogP) is 2.27. The minimum Gasteiger partial charge on any atom is -0.338 e. The van der Waals surface area contributed by atoms with Crippen LogP contribution in [0.25, 0.3) is 0 Å². The van der Waals surface area contributed by atoms with Crippen LogP contribution in [-0.4, -0.2) is 37.0 Å². The highest BCUT2D eigenvalue weighted by Crippen LogP contribution is 2.20. The maximum absolute atomic E-state index is 12.3. The molecule has 1 amide bonds. The Labute approximate surface area is 110 Å². The Morgan fingerprint density at radius 2 is 2.00 bits per heavy atom. The van der Waals surface area contributed by atoms with Crippen LogP contribution in [0.4, 0.5) is 0 Å². The lowest BCUT2D eigenvalue weighted by Gasteiger charge is -2.32. The molecule has 0 aromatic heterocycles. The zero-order valence-corrected chi connectivity index (χ0v) is 11.5. The van der Waals surface area contributed by atoms with E-state index in [2.05, 4.69) is 21.2 Å². The van der Waals surface area contributed by atoms with E-state index in [-0.39, 0.29) is 5.91 Å². The van der Waals surface area contributed by atoms with Crippen molar-refractivity contribution in [2.24, 2.45) is 0 Å². The fourth-order valence-electron chi connectivity index (χ4n) is 2.18. The van der Waals surface area contributed by atoms with E-state index in [1.807, 2.05) is 36.2 Å². The molecular formula is C13H17BrN2O. The fraction of sp³-hybridized carbons (Fsp3) is 0.462. The summed E-state index contributed by atoms with van der Waals surface area (Å²) in [5, 5.41) is 3.27. The first-order valence-electron chi connectivity index (χ1n) is 5.93. The molecule has 0 bridgehead atoms. The molecule has 0 unspecified atom stereocenters. The van der Waals surface area contributed by atoms with Crippen molar-refractivity contribution >= 4 is 21.8 Å². The second kappa shape index (κ2) is 5.65. The van der Waals surface area contributed by atoms with Gasteiger partial charge in [0, 0.05) is 23.6 Å². The van der Waals surface area contributed by atoms with Gasteiger partial charge in [0.15, 0.2) is 0 Å². The number of nitrogens with zero attached hydrogens (tertiary/aromatic N) is 1. The van der Waals surface area contributed by atoms with E-state index in [1.165, 1.54) is 0 Å². The average molecular weight is 297 g/mol. The number of hydrogen-bond acceptors (Lipinski definition) is 2. The molecule has 0 atom stereocenters. The summed E-state index contributed by atoms with van der Waals surface area (Å²) < 4.78 is 0.876. The van der Waals surface area contributed by atoms with E-state index < -0.39 is 0 Å². The highest BCUT2D eigenvalue weighted by atomic mass is 79.9. The highest BCUT2D eigenvalue weighted by Gasteiger charge is 2.23. The van der Waals surface area contributed by atoms with Gasteiger partial charge in [-0.25, -0.2) is 0 Å². The molecule has 2 rings (SSSR count). The summed E-state index contributed by atoms with van der Waals surface area (Å²) in [6, 6.07) is 8.16. The van der Waals surface area contributed by atoms with E-state index >= 15 is 0 Å². The Hall–Kier alpha value is -0.870. The van der Waals surface area contributed by atoms with Crippen molar-refractivity contribution in [2.75, 3.05) is 20.1 Å². The molecule has 1 aromatic carbocycles. The fourth-order valence-corrected chi connectivity index (χ4v) is 2.63. The van der Waals surface area contributed by atoms with Gasteiger partial charge in [-0.3, -0.25) is 4.79 Å². The second-order valence-corrected chi connectivity index (χ2v) is 5.19. The molecule has 1 aliphatic heterocycles. The maximum atomic E-state index is 12.3. The lowest BCUT2D eigenvalue weighted by atomic mass is 10.0. The molecule has 17 heavy (non-hydrogen) atoms. The first-order valence-corrected chi connectivity index (χ1v) is 6.72. The van der Waals surface area contributed by atoms with Crippen molar-refractivity contribution < 1.29 is 4.79 Å². The predicted molar refractivity (Wildman–Crippen MR) is 72.1 cm³/mol. The molecule has 1 aromatic rings. The van der Waals surface area contributed by atoms with Crippen molar-refractivity contribution in [3.05, 3.63) is 34.3 Å². The van der Waals surface area contributed by atoms with Crippen LogP contribution in [-0.2, 0) is 0 Å². The van der Waals surface area contributed by atoms with Gasteiger partial charge in [-0.2, -0.15) is 0 Å². The minimum atomic E-state index is 0.132. The number of carbonyl (C=O) groups is 1. The number of rotatable bonds is 2. The molecule has 1 aliphatic rings. The summed E-state index contributed by atoms with van der Waals surface area (Å²) in [5.74, 6) is 0.132. The van der Waals surface area contributed by atoms with Crippen molar-refractivity contribution in [3.63, 3.8) is 0 Å².